The summed E-state index contributed by atoms with van der Waals surface area (Å²) in [6.07, 6.45) is 0. The summed E-state index contributed by atoms with van der Waals surface area (Å²) in [5, 5.41) is 5.03. The van der Waals surface area contributed by atoms with Gasteiger partial charge in [0.15, 0.2) is 5.69 Å². The molecule has 0 amide bonds. The third kappa shape index (κ3) is 3.70. The molecule has 0 radical (unpaired) electrons. The number of aromatic nitrogens is 2. The van der Waals surface area contributed by atoms with Gasteiger partial charge in [-0.25, -0.2) is 14.3 Å². The average Bonchev–Trinajstić information content (AvgIpc) is 3.10. The molecule has 0 N–H and O–H groups in total. The van der Waals surface area contributed by atoms with Crippen molar-refractivity contribution in [3.63, 3.8) is 0 Å². The summed E-state index contributed by atoms with van der Waals surface area (Å²) in [7, 11) is 2.49. The van der Waals surface area contributed by atoms with Crippen LogP contribution in [0.3, 0.4) is 0 Å². The molecule has 6 nitrogen and oxygen atoms in total. The minimum absolute atomic E-state index is 0.0137. The number of nitrogens with zero attached hydrogens (tertiary/aromatic N) is 2. The van der Waals surface area contributed by atoms with Crippen molar-refractivity contribution in [2.75, 3.05) is 14.2 Å². The van der Waals surface area contributed by atoms with Gasteiger partial charge in [-0.3, -0.25) is 0 Å². The Morgan fingerprint density at radius 2 is 1.70 bits per heavy atom. The predicted molar refractivity (Wildman–Crippen MR) is 109 cm³/mol. The van der Waals surface area contributed by atoms with Crippen molar-refractivity contribution in [3.8, 4) is 16.9 Å². The maximum atomic E-state index is 12.5. The summed E-state index contributed by atoms with van der Waals surface area (Å²) in [5.41, 5.74) is 1.47. The number of carbonyl (C=O) groups excluding carboxylic acids is 2. The van der Waals surface area contributed by atoms with Gasteiger partial charge in [0.2, 0.25) is 0 Å². The first-order valence-corrected chi connectivity index (χ1v) is 9.24. The molecule has 0 saturated heterocycles. The van der Waals surface area contributed by atoms with Crippen molar-refractivity contribution in [1.82, 2.24) is 9.78 Å². The zero-order valence-corrected chi connectivity index (χ0v) is 17.3. The number of para-hydroxylation sites is 1. The summed E-state index contributed by atoms with van der Waals surface area (Å²) in [4.78, 5) is 25.0. The van der Waals surface area contributed by atoms with Gasteiger partial charge >= 0.3 is 11.9 Å². The van der Waals surface area contributed by atoms with E-state index in [-0.39, 0.29) is 17.0 Å². The highest BCUT2D eigenvalue weighted by atomic mass is 127. The number of carbonyl (C=O) groups is 2. The molecule has 1 heterocycles. The van der Waals surface area contributed by atoms with E-state index in [4.69, 9.17) is 21.1 Å². The van der Waals surface area contributed by atoms with Gasteiger partial charge < -0.3 is 9.47 Å². The highest BCUT2D eigenvalue weighted by Crippen LogP contribution is 2.32. The van der Waals surface area contributed by atoms with Crippen LogP contribution in [0.1, 0.15) is 20.8 Å². The van der Waals surface area contributed by atoms with Crippen LogP contribution in [0.4, 0.5) is 0 Å². The number of hydrogen-bond donors (Lipinski definition) is 0. The quantitative estimate of drug-likeness (QED) is 0.396. The van der Waals surface area contributed by atoms with Gasteiger partial charge in [0.05, 0.1) is 24.9 Å². The molecule has 0 aliphatic rings. The Kier molecular flexibility index (Phi) is 5.81. The SMILES string of the molecule is COC(=O)c1c(-c2ccc(I)c(Cl)c2)nn(-c2ccccc2)c1C(=O)OC. The second kappa shape index (κ2) is 8.10. The summed E-state index contributed by atoms with van der Waals surface area (Å²) >= 11 is 8.34. The standard InChI is InChI=1S/C19H14ClIN2O4/c1-26-18(24)15-16(11-8-9-14(21)13(20)10-11)22-23(17(15)19(25)27-2)12-6-4-3-5-7-12/h3-10H,1-2H3. The molecule has 0 aliphatic carbocycles. The van der Waals surface area contributed by atoms with Crippen LogP contribution in [0, 0.1) is 3.57 Å². The van der Waals surface area contributed by atoms with Gasteiger partial charge in [-0.2, -0.15) is 5.10 Å². The van der Waals surface area contributed by atoms with Crippen LogP contribution in [-0.2, 0) is 9.47 Å². The van der Waals surface area contributed by atoms with Crippen LogP contribution in [-0.4, -0.2) is 35.9 Å². The molecule has 0 atom stereocenters. The van der Waals surface area contributed by atoms with Gasteiger partial charge in [-0.15, -0.1) is 0 Å². The lowest BCUT2D eigenvalue weighted by molar-refractivity contribution is 0.0549. The fourth-order valence-electron chi connectivity index (χ4n) is 2.60. The van der Waals surface area contributed by atoms with Crippen LogP contribution in [0.25, 0.3) is 16.9 Å². The first kappa shape index (κ1) is 19.4. The van der Waals surface area contributed by atoms with Crippen molar-refractivity contribution in [2.45, 2.75) is 0 Å². The van der Waals surface area contributed by atoms with Crippen molar-refractivity contribution < 1.29 is 19.1 Å². The maximum Gasteiger partial charge on any atom is 0.357 e. The number of rotatable bonds is 4. The Hall–Kier alpha value is -2.39. The predicted octanol–water partition coefficient (Wildman–Crippen LogP) is 4.37. The normalized spacial score (nSPS) is 10.5. The van der Waals surface area contributed by atoms with Gasteiger partial charge in [0.1, 0.15) is 11.3 Å². The number of hydrogen-bond acceptors (Lipinski definition) is 5. The largest absolute Gasteiger partial charge is 0.465 e. The number of esters is 2. The number of ether oxygens (including phenoxy) is 2. The molecule has 3 aromatic rings. The van der Waals surface area contributed by atoms with Crippen LogP contribution in [0.2, 0.25) is 5.02 Å². The molecule has 0 spiro atoms. The minimum Gasteiger partial charge on any atom is -0.465 e. The summed E-state index contributed by atoms with van der Waals surface area (Å²) in [5.74, 6) is -1.39. The highest BCUT2D eigenvalue weighted by molar-refractivity contribution is 14.1. The molecule has 0 fully saturated rings. The maximum absolute atomic E-state index is 12.5. The van der Waals surface area contributed by atoms with Crippen LogP contribution in [0.5, 0.6) is 0 Å². The molecule has 0 aliphatic heterocycles. The average molecular weight is 497 g/mol. The lowest BCUT2D eigenvalue weighted by Crippen LogP contribution is -2.15. The number of methoxy groups -OCH3 is 2. The van der Waals surface area contributed by atoms with Crippen molar-refractivity contribution in [1.29, 1.82) is 0 Å². The molecular weight excluding hydrogens is 483 g/mol. The Balaban J connectivity index is 2.36. The van der Waals surface area contributed by atoms with Gasteiger partial charge in [0.25, 0.3) is 0 Å². The van der Waals surface area contributed by atoms with Gasteiger partial charge in [-0.1, -0.05) is 35.9 Å². The minimum atomic E-state index is -0.699. The van der Waals surface area contributed by atoms with E-state index >= 15 is 0 Å². The fourth-order valence-corrected chi connectivity index (χ4v) is 3.12. The summed E-state index contributed by atoms with van der Waals surface area (Å²) in [6, 6.07) is 14.3. The second-order valence-electron chi connectivity index (χ2n) is 5.43. The van der Waals surface area contributed by atoms with Crippen molar-refractivity contribution >= 4 is 46.1 Å². The van der Waals surface area contributed by atoms with Gasteiger partial charge in [0, 0.05) is 9.13 Å². The van der Waals surface area contributed by atoms with E-state index in [1.54, 1.807) is 42.5 Å². The van der Waals surface area contributed by atoms with Gasteiger partial charge in [-0.05, 0) is 46.9 Å². The molecule has 0 saturated carbocycles. The van der Waals surface area contributed by atoms with E-state index in [0.717, 1.165) is 3.57 Å². The fraction of sp³-hybridized carbons (Fsp3) is 0.105. The molecule has 1 aromatic heterocycles. The molecule has 8 heteroatoms. The Labute approximate surface area is 174 Å². The molecule has 2 aromatic carbocycles. The molecule has 0 bridgehead atoms. The Morgan fingerprint density at radius 3 is 2.30 bits per heavy atom. The monoisotopic (exact) mass is 496 g/mol. The molecule has 27 heavy (non-hydrogen) atoms. The van der Waals surface area contributed by atoms with E-state index in [9.17, 15) is 9.59 Å². The second-order valence-corrected chi connectivity index (χ2v) is 7.00. The summed E-state index contributed by atoms with van der Waals surface area (Å²) in [6.45, 7) is 0. The van der Waals surface area contributed by atoms with E-state index < -0.39 is 11.9 Å². The van der Waals surface area contributed by atoms with E-state index in [2.05, 4.69) is 27.7 Å². The van der Waals surface area contributed by atoms with E-state index in [0.29, 0.717) is 16.3 Å². The molecule has 0 unspecified atom stereocenters. The summed E-state index contributed by atoms with van der Waals surface area (Å²) < 4.78 is 12.0. The van der Waals surface area contributed by atoms with E-state index in [1.165, 1.54) is 18.9 Å². The molecule has 138 valence electrons. The van der Waals surface area contributed by atoms with Crippen LogP contribution < -0.4 is 0 Å². The lowest BCUT2D eigenvalue weighted by atomic mass is 10.1. The third-order valence-corrected chi connectivity index (χ3v) is 5.42. The zero-order chi connectivity index (χ0) is 19.6. The van der Waals surface area contributed by atoms with Crippen LogP contribution in [0.15, 0.2) is 48.5 Å². The third-order valence-electron chi connectivity index (χ3n) is 3.85. The van der Waals surface area contributed by atoms with E-state index in [1.807, 2.05) is 6.07 Å². The number of halogens is 2. The first-order chi connectivity index (χ1) is 13.0. The first-order valence-electron chi connectivity index (χ1n) is 7.78. The molecule has 3 rings (SSSR count). The topological polar surface area (TPSA) is 70.4 Å². The zero-order valence-electron chi connectivity index (χ0n) is 14.4. The Bertz CT molecular complexity index is 1020. The molecular formula is C19H14ClIN2O4. The number of benzene rings is 2. The lowest BCUT2D eigenvalue weighted by Gasteiger charge is -2.07. The smallest absolute Gasteiger partial charge is 0.357 e. The van der Waals surface area contributed by atoms with Crippen molar-refractivity contribution in [2.24, 2.45) is 0 Å². The Morgan fingerprint density at radius 1 is 1.04 bits per heavy atom. The van der Waals surface area contributed by atoms with Crippen molar-refractivity contribution in [3.05, 3.63) is 68.4 Å². The van der Waals surface area contributed by atoms with Crippen LogP contribution >= 0.6 is 34.2 Å². The highest BCUT2D eigenvalue weighted by Gasteiger charge is 2.31.